The van der Waals surface area contributed by atoms with Crippen molar-refractivity contribution >= 4 is 17.6 Å². The maximum Gasteiger partial charge on any atom is 0.317 e. The van der Waals surface area contributed by atoms with E-state index in [9.17, 15) is 9.18 Å². The van der Waals surface area contributed by atoms with E-state index in [1.807, 2.05) is 6.92 Å². The Kier molecular flexibility index (Phi) is 5.53. The molecule has 0 saturated heterocycles. The van der Waals surface area contributed by atoms with Gasteiger partial charge in [0.25, 0.3) is 0 Å². The van der Waals surface area contributed by atoms with Crippen molar-refractivity contribution in [1.29, 1.82) is 0 Å². The summed E-state index contributed by atoms with van der Waals surface area (Å²) in [7, 11) is 0. The van der Waals surface area contributed by atoms with Gasteiger partial charge in [-0.2, -0.15) is 4.98 Å². The second-order valence-electron chi connectivity index (χ2n) is 6.00. The molecule has 1 heterocycles. The minimum atomic E-state index is -0.398. The third-order valence-electron chi connectivity index (χ3n) is 4.08. The van der Waals surface area contributed by atoms with Crippen molar-refractivity contribution in [3.8, 4) is 0 Å². The predicted octanol–water partition coefficient (Wildman–Crippen LogP) is 3.34. The molecule has 3 rings (SSSR count). The largest absolute Gasteiger partial charge is 0.339 e. The lowest BCUT2D eigenvalue weighted by Crippen LogP contribution is -2.42. The van der Waals surface area contributed by atoms with E-state index in [0.717, 1.165) is 12.8 Å². The number of nitrogens with one attached hydrogen (secondary N) is 1. The molecule has 0 aliphatic heterocycles. The summed E-state index contributed by atoms with van der Waals surface area (Å²) in [6, 6.07) is 4.43. The highest BCUT2D eigenvalue weighted by molar-refractivity contribution is 6.31. The summed E-state index contributed by atoms with van der Waals surface area (Å²) in [6.45, 7) is 2.47. The highest BCUT2D eigenvalue weighted by atomic mass is 35.5. The van der Waals surface area contributed by atoms with E-state index >= 15 is 0 Å². The zero-order chi connectivity index (χ0) is 17.8. The molecule has 1 N–H and O–H groups in total. The van der Waals surface area contributed by atoms with Crippen molar-refractivity contribution in [3.05, 3.63) is 46.3 Å². The normalized spacial score (nSPS) is 13.7. The first-order valence-electron chi connectivity index (χ1n) is 8.37. The number of aryl methyl sites for hydroxylation is 1. The van der Waals surface area contributed by atoms with Gasteiger partial charge in [-0.25, -0.2) is 9.18 Å². The Morgan fingerprint density at radius 2 is 2.28 bits per heavy atom. The first kappa shape index (κ1) is 17.7. The van der Waals surface area contributed by atoms with Crippen LogP contribution in [0.1, 0.15) is 37.0 Å². The Balaban J connectivity index is 1.58. The SMILES string of the molecule is CCc1nc(CCNC(=O)N(Cc2c(F)cccc2Cl)C2CC2)no1. The fourth-order valence-corrected chi connectivity index (χ4v) is 2.75. The molecular weight excluding hydrogens is 347 g/mol. The number of hydrogen-bond acceptors (Lipinski definition) is 4. The van der Waals surface area contributed by atoms with Crippen molar-refractivity contribution in [2.24, 2.45) is 0 Å². The summed E-state index contributed by atoms with van der Waals surface area (Å²) in [5.74, 6) is 0.743. The molecule has 2 amide bonds. The Morgan fingerprint density at radius 1 is 1.48 bits per heavy atom. The van der Waals surface area contributed by atoms with Crippen molar-refractivity contribution in [2.75, 3.05) is 6.54 Å². The predicted molar refractivity (Wildman–Crippen MR) is 90.8 cm³/mol. The molecule has 0 atom stereocenters. The molecule has 25 heavy (non-hydrogen) atoms. The average Bonchev–Trinajstić information content (AvgIpc) is 3.32. The third-order valence-corrected chi connectivity index (χ3v) is 4.43. The molecule has 8 heteroatoms. The zero-order valence-corrected chi connectivity index (χ0v) is 14.7. The minimum absolute atomic E-state index is 0.132. The van der Waals surface area contributed by atoms with Crippen LogP contribution in [0, 0.1) is 5.82 Å². The first-order valence-corrected chi connectivity index (χ1v) is 8.75. The van der Waals surface area contributed by atoms with Crippen molar-refractivity contribution in [2.45, 2.75) is 45.2 Å². The van der Waals surface area contributed by atoms with Gasteiger partial charge in [0.2, 0.25) is 5.89 Å². The van der Waals surface area contributed by atoms with Crippen LogP contribution in [0.2, 0.25) is 5.02 Å². The number of rotatable bonds is 7. The molecule has 0 spiro atoms. The summed E-state index contributed by atoms with van der Waals surface area (Å²) in [4.78, 5) is 18.3. The summed E-state index contributed by atoms with van der Waals surface area (Å²) in [5, 5.41) is 7.02. The molecule has 0 bridgehead atoms. The van der Waals surface area contributed by atoms with Gasteiger partial charge >= 0.3 is 6.03 Å². The molecule has 1 aromatic heterocycles. The van der Waals surface area contributed by atoms with Crippen LogP contribution in [0.25, 0.3) is 0 Å². The van der Waals surface area contributed by atoms with Gasteiger partial charge in [0.15, 0.2) is 5.82 Å². The van der Waals surface area contributed by atoms with E-state index in [1.165, 1.54) is 6.07 Å². The molecule has 6 nitrogen and oxygen atoms in total. The summed E-state index contributed by atoms with van der Waals surface area (Å²) in [5.41, 5.74) is 0.344. The standard InChI is InChI=1S/C17H20ClFN4O2/c1-2-16-21-15(22-25-16)8-9-20-17(24)23(11-6-7-11)10-12-13(18)4-3-5-14(12)19/h3-5,11H,2,6-10H2,1H3,(H,20,24). The number of carbonyl (C=O) groups excluding carboxylic acids is 1. The number of nitrogens with zero attached hydrogens (tertiary/aromatic N) is 3. The minimum Gasteiger partial charge on any atom is -0.339 e. The van der Waals surface area contributed by atoms with Crippen LogP contribution in [0.5, 0.6) is 0 Å². The van der Waals surface area contributed by atoms with Crippen molar-refractivity contribution < 1.29 is 13.7 Å². The van der Waals surface area contributed by atoms with Crippen molar-refractivity contribution in [3.63, 3.8) is 0 Å². The molecule has 0 radical (unpaired) electrons. The van der Waals surface area contributed by atoms with E-state index < -0.39 is 5.82 Å². The van der Waals surface area contributed by atoms with Gasteiger partial charge in [0, 0.05) is 36.0 Å². The fraction of sp³-hybridized carbons (Fsp3) is 0.471. The molecule has 0 unspecified atom stereocenters. The van der Waals surface area contributed by atoms with Gasteiger partial charge < -0.3 is 14.7 Å². The number of carbonyl (C=O) groups is 1. The molecule has 1 aromatic carbocycles. The maximum atomic E-state index is 14.0. The Bertz CT molecular complexity index is 728. The number of benzene rings is 1. The first-order chi connectivity index (χ1) is 12.1. The summed E-state index contributed by atoms with van der Waals surface area (Å²) < 4.78 is 19.0. The van der Waals surface area contributed by atoms with Gasteiger partial charge in [-0.15, -0.1) is 0 Å². The van der Waals surface area contributed by atoms with E-state index in [1.54, 1.807) is 17.0 Å². The molecular formula is C17H20ClFN4O2. The second-order valence-corrected chi connectivity index (χ2v) is 6.41. The van der Waals surface area contributed by atoms with Gasteiger partial charge in [-0.05, 0) is 25.0 Å². The highest BCUT2D eigenvalue weighted by Gasteiger charge is 2.33. The van der Waals surface area contributed by atoms with E-state index in [-0.39, 0.29) is 18.6 Å². The Labute approximate surface area is 150 Å². The lowest BCUT2D eigenvalue weighted by molar-refractivity contribution is 0.191. The van der Waals surface area contributed by atoms with Gasteiger partial charge in [0.1, 0.15) is 5.82 Å². The van der Waals surface area contributed by atoms with Gasteiger partial charge in [0.05, 0.1) is 6.54 Å². The van der Waals surface area contributed by atoms with Crippen molar-refractivity contribution in [1.82, 2.24) is 20.4 Å². The lowest BCUT2D eigenvalue weighted by Gasteiger charge is -2.23. The fourth-order valence-electron chi connectivity index (χ4n) is 2.52. The van der Waals surface area contributed by atoms with Crippen LogP contribution in [-0.4, -0.2) is 33.7 Å². The topological polar surface area (TPSA) is 71.3 Å². The summed E-state index contributed by atoms with van der Waals surface area (Å²) in [6.07, 6.45) is 3.00. The summed E-state index contributed by atoms with van der Waals surface area (Å²) >= 11 is 6.08. The van der Waals surface area contributed by atoms with E-state index in [0.29, 0.717) is 41.7 Å². The van der Waals surface area contributed by atoms with E-state index in [4.69, 9.17) is 16.1 Å². The third kappa shape index (κ3) is 4.48. The zero-order valence-electron chi connectivity index (χ0n) is 14.0. The molecule has 1 saturated carbocycles. The Hall–Kier alpha value is -2.15. The van der Waals surface area contributed by atoms with Crippen LogP contribution < -0.4 is 5.32 Å². The number of hydrogen-bond donors (Lipinski definition) is 1. The van der Waals surface area contributed by atoms with E-state index in [2.05, 4.69) is 15.5 Å². The van der Waals surface area contributed by atoms with Crippen LogP contribution >= 0.6 is 11.6 Å². The van der Waals surface area contributed by atoms with Crippen LogP contribution in [0.3, 0.4) is 0 Å². The van der Waals surface area contributed by atoms with Crippen LogP contribution in [-0.2, 0) is 19.4 Å². The maximum absolute atomic E-state index is 14.0. The number of urea groups is 1. The number of amides is 2. The number of halogens is 2. The molecule has 1 aliphatic rings. The molecule has 134 valence electrons. The van der Waals surface area contributed by atoms with Crippen LogP contribution in [0.4, 0.5) is 9.18 Å². The lowest BCUT2D eigenvalue weighted by atomic mass is 10.2. The number of aromatic nitrogens is 2. The Morgan fingerprint density at radius 3 is 2.92 bits per heavy atom. The second kappa shape index (κ2) is 7.82. The average molecular weight is 367 g/mol. The monoisotopic (exact) mass is 366 g/mol. The van der Waals surface area contributed by atoms with Crippen LogP contribution in [0.15, 0.2) is 22.7 Å². The molecule has 2 aromatic rings. The molecule has 1 aliphatic carbocycles. The molecule has 1 fully saturated rings. The quantitative estimate of drug-likeness (QED) is 0.815. The van der Waals surface area contributed by atoms with Gasteiger partial charge in [-0.1, -0.05) is 29.7 Å². The smallest absolute Gasteiger partial charge is 0.317 e. The van der Waals surface area contributed by atoms with Gasteiger partial charge in [-0.3, -0.25) is 0 Å². The highest BCUT2D eigenvalue weighted by Crippen LogP contribution is 2.30.